The number of benzene rings is 4. The number of aliphatic hydroxyl groups excluding tert-OH is 1. The van der Waals surface area contributed by atoms with Gasteiger partial charge in [-0.3, -0.25) is 24.1 Å². The number of thiazole rings is 1. The van der Waals surface area contributed by atoms with Crippen LogP contribution in [0.15, 0.2) is 84.4 Å². The zero-order valence-corrected chi connectivity index (χ0v) is 50.8. The molecule has 5 atom stereocenters. The number of hydrogen-bond donors (Lipinski definition) is 4. The van der Waals surface area contributed by atoms with Crippen LogP contribution in [0.5, 0.6) is 11.8 Å². The second kappa shape index (κ2) is 27.4. The van der Waals surface area contributed by atoms with Gasteiger partial charge in [-0.05, 0) is 111 Å². The number of phenols is 1. The Hall–Kier alpha value is -7.32. The van der Waals surface area contributed by atoms with Gasteiger partial charge in [0.1, 0.15) is 42.4 Å². The van der Waals surface area contributed by atoms with Crippen LogP contribution in [0.3, 0.4) is 0 Å². The van der Waals surface area contributed by atoms with E-state index in [1.807, 2.05) is 113 Å². The summed E-state index contributed by atoms with van der Waals surface area (Å²) >= 11 is 8.57. The number of aromatic hydroxyl groups is 1. The van der Waals surface area contributed by atoms with Gasteiger partial charge in [0.2, 0.25) is 23.6 Å². The predicted molar refractivity (Wildman–Crippen MR) is 327 cm³/mol. The van der Waals surface area contributed by atoms with Gasteiger partial charge in [-0.15, -0.1) is 11.3 Å². The first-order valence-electron chi connectivity index (χ1n) is 28.8. The number of rotatable bonds is 20. The maximum atomic E-state index is 17.4. The largest absolute Gasteiger partial charge is 0.508 e. The second-order valence-corrected chi connectivity index (χ2v) is 24.9. The fourth-order valence-electron chi connectivity index (χ4n) is 11.5. The Morgan fingerprint density at radius 2 is 1.74 bits per heavy atom. The number of β-amino-alcohol motifs (C(OH)–C–C–N with tert-alkyl or cyclic N) is 1. The molecule has 2 aromatic heterocycles. The Bertz CT molecular complexity index is 3470. The van der Waals surface area contributed by atoms with Crippen molar-refractivity contribution in [3.63, 3.8) is 0 Å². The summed E-state index contributed by atoms with van der Waals surface area (Å²) in [6.07, 6.45) is 4.08. The highest BCUT2D eigenvalue weighted by Gasteiger charge is 2.45. The van der Waals surface area contributed by atoms with Crippen molar-refractivity contribution in [3.05, 3.63) is 106 Å². The summed E-state index contributed by atoms with van der Waals surface area (Å²) < 4.78 is 29.6. The van der Waals surface area contributed by atoms with Crippen molar-refractivity contribution in [2.75, 3.05) is 91.2 Å². The molecule has 4 aromatic carbocycles. The number of likely N-dealkylation sites (tertiary alicyclic amines) is 2. The monoisotopic (exact) mass is 1200 g/mol. The van der Waals surface area contributed by atoms with Crippen LogP contribution in [-0.4, -0.2) is 179 Å². The van der Waals surface area contributed by atoms with Crippen LogP contribution in [0.4, 0.5) is 10.2 Å². The van der Waals surface area contributed by atoms with Crippen molar-refractivity contribution in [2.45, 2.75) is 90.6 Å². The number of nitrogens with one attached hydrogen (secondary N) is 2. The molecule has 9 rings (SSSR count). The molecular weight excluding hydrogens is 1130 g/mol. The minimum Gasteiger partial charge on any atom is -0.508 e. The molecule has 0 unspecified atom stereocenters. The first kappa shape index (κ1) is 62.2. The Morgan fingerprint density at radius 1 is 0.988 bits per heavy atom. The van der Waals surface area contributed by atoms with Crippen LogP contribution < -0.4 is 20.3 Å². The van der Waals surface area contributed by atoms with Gasteiger partial charge >= 0.3 is 6.01 Å². The SMILES string of the molecule is Cc1ncsc1-c1ccc([C@H](C)NC(=O)[C@@H]2C[C@@H](O)CN2C(=O)[C@@H](NC(=O)COCC2CCN(CCOc3nc(N4CCN(C(=O)/C=C/CN(C)C)[C@@H](CC#N)C4)c4cc(Cl)c(-c5cc(O)cc6ccccc56)c(F)c4n3)CC2)C(C)(C)C)cc1. The molecule has 0 aliphatic carbocycles. The highest BCUT2D eigenvalue weighted by molar-refractivity contribution is 7.13. The van der Waals surface area contributed by atoms with Crippen molar-refractivity contribution >= 4 is 74.1 Å². The Morgan fingerprint density at radius 3 is 2.45 bits per heavy atom. The van der Waals surface area contributed by atoms with E-state index < -0.39 is 47.3 Å². The van der Waals surface area contributed by atoms with E-state index in [-0.39, 0.29) is 97.3 Å². The number of nitrogens with zero attached hydrogens (tertiary/aromatic N) is 9. The lowest BCUT2D eigenvalue weighted by Gasteiger charge is -2.41. The number of hydrogen-bond acceptors (Lipinski definition) is 16. The summed E-state index contributed by atoms with van der Waals surface area (Å²) in [5, 5.41) is 39.1. The number of aliphatic hydroxyl groups is 1. The van der Waals surface area contributed by atoms with Crippen molar-refractivity contribution in [3.8, 4) is 39.4 Å². The fourth-order valence-corrected chi connectivity index (χ4v) is 12.6. The lowest BCUT2D eigenvalue weighted by atomic mass is 9.85. The number of halogens is 2. The standard InChI is InChI=1S/C63H75ClFN11O8S/c1-38(41-14-16-42(17-15-41)57-39(2)67-37-85-57)68-60(81)51-31-46(78)34-76(51)61(82)58(63(3,4)5)69-52(79)36-83-35-40-19-23-73(24-20-40)27-28-84-62-70-56-49(32-50(64)54(55(56)65)48-30-45(77)29-43-11-8-9-12-47(43)48)59(71-62)74-25-26-75(44(33-74)18-21-66)53(80)13-10-22-72(6)7/h8-17,29-30,32,37-38,40,44,46,51,58,77-78H,18-20,22-28,31,33-36H2,1-7H3,(H,68,81)(H,69,79)/b13-10+/t38-,44-,46+,51-,58+/m0/s1. The second-order valence-electron chi connectivity index (χ2n) is 23.7. The summed E-state index contributed by atoms with van der Waals surface area (Å²) in [4.78, 5) is 79.1. The molecule has 85 heavy (non-hydrogen) atoms. The molecule has 3 aliphatic rings. The van der Waals surface area contributed by atoms with Crippen LogP contribution in [-0.2, 0) is 23.9 Å². The number of fused-ring (bicyclic) bond motifs is 2. The molecule has 0 saturated carbocycles. The lowest BCUT2D eigenvalue weighted by molar-refractivity contribution is -0.144. The number of ether oxygens (including phenoxy) is 2. The van der Waals surface area contributed by atoms with Gasteiger partial charge in [-0.2, -0.15) is 15.2 Å². The number of anilines is 1. The molecular formula is C63H75ClFN11O8S. The molecule has 450 valence electrons. The maximum absolute atomic E-state index is 17.4. The Labute approximate surface area is 504 Å². The maximum Gasteiger partial charge on any atom is 0.319 e. The van der Waals surface area contributed by atoms with E-state index in [1.54, 1.807) is 34.4 Å². The molecule has 4 N–H and O–H groups in total. The third kappa shape index (κ3) is 14.9. The predicted octanol–water partition coefficient (Wildman–Crippen LogP) is 7.91. The Balaban J connectivity index is 0.804. The third-order valence-electron chi connectivity index (χ3n) is 16.1. The molecule has 19 nitrogen and oxygen atoms in total. The first-order chi connectivity index (χ1) is 40.7. The number of carbonyl (C=O) groups is 4. The average molecular weight is 1200 g/mol. The number of carbonyl (C=O) groups excluding carboxylic acids is 4. The molecule has 3 aliphatic heterocycles. The van der Waals surface area contributed by atoms with Crippen LogP contribution in [0, 0.1) is 35.4 Å². The van der Waals surface area contributed by atoms with Gasteiger partial charge in [-0.25, -0.2) is 9.37 Å². The molecule has 22 heteroatoms. The molecule has 5 heterocycles. The smallest absolute Gasteiger partial charge is 0.319 e. The number of aromatic nitrogens is 3. The summed E-state index contributed by atoms with van der Waals surface area (Å²) in [5.41, 5.74) is 4.33. The van der Waals surface area contributed by atoms with E-state index >= 15 is 4.39 Å². The van der Waals surface area contributed by atoms with Gasteiger partial charge in [0.05, 0.1) is 58.4 Å². The molecule has 3 saturated heterocycles. The van der Waals surface area contributed by atoms with E-state index in [1.165, 1.54) is 17.0 Å². The minimum absolute atomic E-state index is 0.0440. The Kier molecular flexibility index (Phi) is 20.0. The summed E-state index contributed by atoms with van der Waals surface area (Å²) in [6, 6.07) is 19.3. The highest BCUT2D eigenvalue weighted by Crippen LogP contribution is 2.43. The van der Waals surface area contributed by atoms with E-state index in [2.05, 4.69) is 31.6 Å². The zero-order chi connectivity index (χ0) is 60.7. The van der Waals surface area contributed by atoms with Crippen molar-refractivity contribution in [2.24, 2.45) is 11.3 Å². The van der Waals surface area contributed by atoms with Gasteiger partial charge in [0.25, 0.3) is 0 Å². The lowest BCUT2D eigenvalue weighted by Crippen LogP contribution is -2.58. The van der Waals surface area contributed by atoms with Gasteiger partial charge in [-0.1, -0.05) is 87.0 Å². The molecule has 0 spiro atoms. The molecule has 3 fully saturated rings. The van der Waals surface area contributed by atoms with Crippen LogP contribution in [0.1, 0.15) is 70.7 Å². The van der Waals surface area contributed by atoms with Gasteiger partial charge in [0.15, 0.2) is 5.82 Å². The van der Waals surface area contributed by atoms with Gasteiger partial charge < -0.3 is 49.9 Å². The van der Waals surface area contributed by atoms with Crippen LogP contribution in [0.25, 0.3) is 43.2 Å². The quantitative estimate of drug-likeness (QED) is 0.0533. The highest BCUT2D eigenvalue weighted by atomic mass is 35.5. The van der Waals surface area contributed by atoms with E-state index in [0.717, 1.165) is 34.5 Å². The van der Waals surface area contributed by atoms with Gasteiger partial charge in [0, 0.05) is 62.7 Å². The number of aryl methyl sites for hydroxylation is 1. The summed E-state index contributed by atoms with van der Waals surface area (Å²) in [5.74, 6) is -1.81. The normalized spacial score (nSPS) is 18.8. The number of piperidine rings is 1. The van der Waals surface area contributed by atoms with Crippen LogP contribution >= 0.6 is 22.9 Å². The van der Waals surface area contributed by atoms with E-state index in [0.29, 0.717) is 66.9 Å². The molecule has 4 amide bonds. The molecule has 6 aromatic rings. The van der Waals surface area contributed by atoms with Crippen molar-refractivity contribution < 1.29 is 43.3 Å². The fraction of sp³-hybridized carbons (Fsp3) is 0.460. The molecule has 0 radical (unpaired) electrons. The minimum atomic E-state index is -1.00. The number of piperazine rings is 1. The topological polar surface area (TPSA) is 230 Å². The number of phenolic OH excluding ortho intramolecular Hbond substituents is 1. The van der Waals surface area contributed by atoms with E-state index in [4.69, 9.17) is 26.1 Å². The summed E-state index contributed by atoms with van der Waals surface area (Å²) in [7, 11) is 3.81. The number of nitriles is 1. The number of likely N-dealkylation sites (N-methyl/N-ethyl adjacent to an activating group) is 1. The third-order valence-corrected chi connectivity index (χ3v) is 17.3. The van der Waals surface area contributed by atoms with Crippen molar-refractivity contribution in [1.82, 2.24) is 45.2 Å². The zero-order valence-electron chi connectivity index (χ0n) is 49.2. The molecule has 0 bridgehead atoms. The summed E-state index contributed by atoms with van der Waals surface area (Å²) in [6.45, 7) is 12.8. The average Bonchev–Trinajstić information content (AvgIpc) is 2.30. The number of amides is 4. The first-order valence-corrected chi connectivity index (χ1v) is 30.1. The van der Waals surface area contributed by atoms with Crippen LogP contribution in [0.2, 0.25) is 5.02 Å². The van der Waals surface area contributed by atoms with Crippen molar-refractivity contribution in [1.29, 1.82) is 5.26 Å². The van der Waals surface area contributed by atoms with E-state index in [9.17, 15) is 34.7 Å².